The largest absolute Gasteiger partial charge is 0.320 e. The lowest BCUT2D eigenvalue weighted by Crippen LogP contribution is -1.91. The van der Waals surface area contributed by atoms with E-state index in [1.165, 1.54) is 11.5 Å². The maximum Gasteiger partial charge on any atom is 0.170 e. The quantitative estimate of drug-likeness (QED) is 0.570. The highest BCUT2D eigenvalue weighted by atomic mass is 32.1. The van der Waals surface area contributed by atoms with Crippen LogP contribution in [0.1, 0.15) is 5.82 Å². The van der Waals surface area contributed by atoms with Gasteiger partial charge in [0.2, 0.25) is 0 Å². The highest BCUT2D eigenvalue weighted by molar-refractivity contribution is 7.59. The third-order valence-corrected chi connectivity index (χ3v) is 3.30. The average Bonchev–Trinajstić information content (AvgIpc) is 2.14. The molecule has 0 aliphatic heterocycles. The number of rotatable bonds is 1. The van der Waals surface area contributed by atoms with Crippen molar-refractivity contribution in [1.29, 1.82) is 0 Å². The molecule has 0 radical (unpaired) electrons. The smallest absolute Gasteiger partial charge is 0.170 e. The first-order chi connectivity index (χ1) is 4.20. The summed E-state index contributed by atoms with van der Waals surface area (Å²) in [6, 6.07) is 0. The standard InChI is InChI=1S/C4H7N2OPS/c1-3-5-4(8(2)7)9-6-3/h8H,1-2H3. The Bertz CT molecular complexity index is 234. The molecule has 0 saturated heterocycles. The van der Waals surface area contributed by atoms with Gasteiger partial charge in [0, 0.05) is 0 Å². The van der Waals surface area contributed by atoms with E-state index < -0.39 is 7.80 Å². The van der Waals surface area contributed by atoms with E-state index in [1.807, 2.05) is 0 Å². The Hall–Kier alpha value is -0.210. The first-order valence-electron chi connectivity index (χ1n) is 2.51. The van der Waals surface area contributed by atoms with Crippen LogP contribution in [0.25, 0.3) is 0 Å². The Labute approximate surface area is 58.1 Å². The van der Waals surface area contributed by atoms with Gasteiger partial charge in [-0.25, -0.2) is 4.98 Å². The summed E-state index contributed by atoms with van der Waals surface area (Å²) in [5.74, 6) is 0.718. The van der Waals surface area contributed by atoms with Crippen molar-refractivity contribution in [2.24, 2.45) is 0 Å². The molecule has 0 aromatic carbocycles. The summed E-state index contributed by atoms with van der Waals surface area (Å²) in [5.41, 5.74) is 0. The van der Waals surface area contributed by atoms with Gasteiger partial charge in [-0.1, -0.05) is 0 Å². The lowest BCUT2D eigenvalue weighted by atomic mass is 10.8. The summed E-state index contributed by atoms with van der Waals surface area (Å²) in [5, 5.41) is 0. The van der Waals surface area contributed by atoms with Gasteiger partial charge in [-0.2, -0.15) is 4.37 Å². The molecule has 50 valence electrons. The van der Waals surface area contributed by atoms with Crippen molar-refractivity contribution in [3.63, 3.8) is 0 Å². The summed E-state index contributed by atoms with van der Waals surface area (Å²) in [7, 11) is -1.60. The highest BCUT2D eigenvalue weighted by Crippen LogP contribution is 2.13. The second-order valence-corrected chi connectivity index (χ2v) is 4.40. The van der Waals surface area contributed by atoms with E-state index in [1.54, 1.807) is 13.6 Å². The summed E-state index contributed by atoms with van der Waals surface area (Å²) >= 11 is 1.23. The number of aryl methyl sites for hydroxylation is 1. The van der Waals surface area contributed by atoms with Crippen LogP contribution in [0, 0.1) is 6.92 Å². The van der Waals surface area contributed by atoms with Crippen molar-refractivity contribution < 1.29 is 4.57 Å². The SMILES string of the molecule is Cc1nsc([PH](C)=O)n1. The van der Waals surface area contributed by atoms with Crippen LogP contribution in [0.15, 0.2) is 0 Å². The first-order valence-corrected chi connectivity index (χ1v) is 5.19. The lowest BCUT2D eigenvalue weighted by Gasteiger charge is -1.79. The fourth-order valence-corrected chi connectivity index (χ4v) is 1.84. The summed E-state index contributed by atoms with van der Waals surface area (Å²) < 4.78 is 15.3. The summed E-state index contributed by atoms with van der Waals surface area (Å²) in [4.78, 5) is 3.95. The molecule has 1 aromatic rings. The molecule has 0 N–H and O–H groups in total. The zero-order chi connectivity index (χ0) is 6.85. The second-order valence-electron chi connectivity index (χ2n) is 1.70. The van der Waals surface area contributed by atoms with Crippen LogP contribution in [0.3, 0.4) is 0 Å². The summed E-state index contributed by atoms with van der Waals surface area (Å²) in [6.07, 6.45) is 0. The molecular weight excluding hydrogens is 155 g/mol. The maximum atomic E-state index is 10.8. The van der Waals surface area contributed by atoms with E-state index in [0.717, 1.165) is 5.82 Å². The Morgan fingerprint density at radius 2 is 2.33 bits per heavy atom. The van der Waals surface area contributed by atoms with E-state index in [-0.39, 0.29) is 0 Å². The van der Waals surface area contributed by atoms with Crippen LogP contribution < -0.4 is 4.75 Å². The van der Waals surface area contributed by atoms with Crippen LogP contribution in [-0.2, 0) is 4.57 Å². The van der Waals surface area contributed by atoms with Gasteiger partial charge < -0.3 is 4.57 Å². The van der Waals surface area contributed by atoms with Gasteiger partial charge in [0.25, 0.3) is 0 Å². The topological polar surface area (TPSA) is 42.9 Å². The molecular formula is C4H7N2OPS. The molecule has 0 aliphatic rings. The average molecular weight is 162 g/mol. The van der Waals surface area contributed by atoms with Gasteiger partial charge in [0.15, 0.2) is 4.75 Å². The van der Waals surface area contributed by atoms with Crippen molar-refractivity contribution >= 4 is 24.1 Å². The number of nitrogens with zero attached hydrogens (tertiary/aromatic N) is 2. The molecule has 0 spiro atoms. The van der Waals surface area contributed by atoms with Crippen LogP contribution in [-0.4, -0.2) is 16.0 Å². The molecule has 0 amide bonds. The Balaban J connectivity index is 2.98. The molecule has 1 rings (SSSR count). The van der Waals surface area contributed by atoms with E-state index in [2.05, 4.69) is 9.36 Å². The third-order valence-electron chi connectivity index (χ3n) is 0.829. The normalized spacial score (nSPS) is 13.6. The van der Waals surface area contributed by atoms with E-state index in [0.29, 0.717) is 4.75 Å². The second kappa shape index (κ2) is 2.58. The zero-order valence-electron chi connectivity index (χ0n) is 5.21. The van der Waals surface area contributed by atoms with Crippen molar-refractivity contribution in [2.45, 2.75) is 6.92 Å². The highest BCUT2D eigenvalue weighted by Gasteiger charge is 2.01. The van der Waals surface area contributed by atoms with E-state index >= 15 is 0 Å². The fourth-order valence-electron chi connectivity index (χ4n) is 0.440. The fraction of sp³-hybridized carbons (Fsp3) is 0.500. The Morgan fingerprint density at radius 3 is 2.56 bits per heavy atom. The molecule has 5 heteroatoms. The maximum absolute atomic E-state index is 10.8. The molecule has 0 bridgehead atoms. The van der Waals surface area contributed by atoms with Gasteiger partial charge in [-0.15, -0.1) is 0 Å². The minimum Gasteiger partial charge on any atom is -0.320 e. The summed E-state index contributed by atoms with van der Waals surface area (Å²) in [6.45, 7) is 3.47. The minimum absolute atomic E-state index is 0.678. The first kappa shape index (κ1) is 6.90. The van der Waals surface area contributed by atoms with Gasteiger partial charge >= 0.3 is 0 Å². The Morgan fingerprint density at radius 1 is 1.67 bits per heavy atom. The number of hydrogen-bond donors (Lipinski definition) is 0. The van der Waals surface area contributed by atoms with Gasteiger partial charge in [0.1, 0.15) is 13.6 Å². The monoisotopic (exact) mass is 162 g/mol. The molecule has 0 saturated carbocycles. The molecule has 1 heterocycles. The number of hydrogen-bond acceptors (Lipinski definition) is 4. The molecule has 0 fully saturated rings. The van der Waals surface area contributed by atoms with Crippen LogP contribution >= 0.6 is 19.3 Å². The predicted molar refractivity (Wildman–Crippen MR) is 39.2 cm³/mol. The Kier molecular flexibility index (Phi) is 1.98. The van der Waals surface area contributed by atoms with Gasteiger partial charge in [0.05, 0.1) is 0 Å². The minimum atomic E-state index is -1.60. The molecule has 9 heavy (non-hydrogen) atoms. The van der Waals surface area contributed by atoms with Gasteiger partial charge in [-0.3, -0.25) is 0 Å². The van der Waals surface area contributed by atoms with Crippen LogP contribution in [0.5, 0.6) is 0 Å². The predicted octanol–water partition coefficient (Wildman–Crippen LogP) is 0.661. The van der Waals surface area contributed by atoms with Crippen molar-refractivity contribution in [2.75, 3.05) is 6.66 Å². The lowest BCUT2D eigenvalue weighted by molar-refractivity contribution is 0.596. The molecule has 0 aliphatic carbocycles. The number of aromatic nitrogens is 2. The molecule has 1 unspecified atom stereocenters. The molecule has 1 aromatic heterocycles. The molecule has 1 atom stereocenters. The van der Waals surface area contributed by atoms with E-state index in [9.17, 15) is 4.57 Å². The van der Waals surface area contributed by atoms with Crippen LogP contribution in [0.2, 0.25) is 0 Å². The van der Waals surface area contributed by atoms with Crippen molar-refractivity contribution in [1.82, 2.24) is 9.36 Å². The van der Waals surface area contributed by atoms with E-state index in [4.69, 9.17) is 0 Å². The van der Waals surface area contributed by atoms with Crippen molar-refractivity contribution in [3.8, 4) is 0 Å². The zero-order valence-corrected chi connectivity index (χ0v) is 7.03. The van der Waals surface area contributed by atoms with Crippen molar-refractivity contribution in [3.05, 3.63) is 5.82 Å². The third kappa shape index (κ3) is 1.60. The van der Waals surface area contributed by atoms with Gasteiger partial charge in [-0.05, 0) is 25.1 Å². The molecule has 3 nitrogen and oxygen atoms in total. The van der Waals surface area contributed by atoms with Crippen LogP contribution in [0.4, 0.5) is 0 Å².